The minimum absolute atomic E-state index is 0.371. The van der Waals surface area contributed by atoms with E-state index >= 15 is 0 Å². The van der Waals surface area contributed by atoms with Crippen molar-refractivity contribution in [1.29, 1.82) is 0 Å². The molecule has 118 valence electrons. The van der Waals surface area contributed by atoms with Gasteiger partial charge in [0, 0.05) is 38.4 Å². The molecular weight excluding hydrogens is 286 g/mol. The van der Waals surface area contributed by atoms with Crippen molar-refractivity contribution >= 4 is 15.9 Å². The first-order chi connectivity index (χ1) is 10.1. The Morgan fingerprint density at radius 3 is 2.52 bits per heavy atom. The lowest BCUT2D eigenvalue weighted by Crippen LogP contribution is -2.42. The molecule has 1 heterocycles. The molecule has 0 saturated carbocycles. The van der Waals surface area contributed by atoms with Gasteiger partial charge in [0.15, 0.2) is 0 Å². The third-order valence-electron chi connectivity index (χ3n) is 4.01. The molecule has 1 N–H and O–H groups in total. The van der Waals surface area contributed by atoms with E-state index in [2.05, 4.69) is 21.8 Å². The number of hydrogen-bond acceptors (Lipinski definition) is 3. The lowest BCUT2D eigenvalue weighted by atomic mass is 10.1. The lowest BCUT2D eigenvalue weighted by molar-refractivity contribution is 0.428. The van der Waals surface area contributed by atoms with Crippen molar-refractivity contribution in [1.82, 2.24) is 9.03 Å². The summed E-state index contributed by atoms with van der Waals surface area (Å²) in [5, 5.41) is 0. The molecule has 1 atom stereocenters. The van der Waals surface area contributed by atoms with E-state index in [0.29, 0.717) is 25.6 Å². The molecule has 1 aliphatic rings. The highest BCUT2D eigenvalue weighted by molar-refractivity contribution is 7.87. The molecule has 1 unspecified atom stereocenters. The zero-order valence-electron chi connectivity index (χ0n) is 12.8. The molecule has 0 aliphatic carbocycles. The van der Waals surface area contributed by atoms with Gasteiger partial charge in [-0.3, -0.25) is 0 Å². The molecule has 0 spiro atoms. The van der Waals surface area contributed by atoms with Crippen molar-refractivity contribution in [2.24, 2.45) is 5.92 Å². The van der Waals surface area contributed by atoms with E-state index in [0.717, 1.165) is 19.5 Å². The van der Waals surface area contributed by atoms with Crippen LogP contribution in [-0.2, 0) is 10.2 Å². The predicted molar refractivity (Wildman–Crippen MR) is 86.6 cm³/mol. The summed E-state index contributed by atoms with van der Waals surface area (Å²) >= 11 is 0. The fraction of sp³-hybridized carbons (Fsp3) is 0.600. The summed E-state index contributed by atoms with van der Waals surface area (Å²) in [7, 11) is -3.33. The number of nitrogens with zero attached hydrogens (tertiary/aromatic N) is 2. The maximum absolute atomic E-state index is 12.1. The van der Waals surface area contributed by atoms with Crippen LogP contribution < -0.4 is 9.62 Å². The van der Waals surface area contributed by atoms with Crippen molar-refractivity contribution in [3.8, 4) is 0 Å². The van der Waals surface area contributed by atoms with E-state index in [9.17, 15) is 8.42 Å². The Labute approximate surface area is 128 Å². The zero-order chi connectivity index (χ0) is 15.3. The third kappa shape index (κ3) is 4.18. The van der Waals surface area contributed by atoms with Gasteiger partial charge in [-0.2, -0.15) is 12.7 Å². The minimum atomic E-state index is -3.33. The molecule has 5 nitrogen and oxygen atoms in total. The van der Waals surface area contributed by atoms with Gasteiger partial charge in [-0.15, -0.1) is 0 Å². The molecule has 1 aliphatic heterocycles. The van der Waals surface area contributed by atoms with Crippen molar-refractivity contribution in [2.45, 2.75) is 20.3 Å². The van der Waals surface area contributed by atoms with E-state index in [-0.39, 0.29) is 0 Å². The highest BCUT2D eigenvalue weighted by Gasteiger charge is 2.25. The van der Waals surface area contributed by atoms with Gasteiger partial charge >= 0.3 is 0 Å². The summed E-state index contributed by atoms with van der Waals surface area (Å²) in [6, 6.07) is 10.3. The highest BCUT2D eigenvalue weighted by Crippen LogP contribution is 2.23. The van der Waals surface area contributed by atoms with E-state index in [1.165, 1.54) is 9.99 Å². The number of nitrogens with one attached hydrogen (secondary N) is 1. The van der Waals surface area contributed by atoms with Crippen LogP contribution >= 0.6 is 0 Å². The molecule has 0 amide bonds. The first-order valence-electron chi connectivity index (χ1n) is 7.61. The van der Waals surface area contributed by atoms with Gasteiger partial charge in [0.25, 0.3) is 10.2 Å². The summed E-state index contributed by atoms with van der Waals surface area (Å²) in [5.41, 5.74) is 1.21. The summed E-state index contributed by atoms with van der Waals surface area (Å²) in [4.78, 5) is 2.32. The maximum atomic E-state index is 12.1. The molecule has 1 saturated heterocycles. The van der Waals surface area contributed by atoms with Crippen LogP contribution in [0.2, 0.25) is 0 Å². The van der Waals surface area contributed by atoms with Crippen LogP contribution in [0, 0.1) is 5.92 Å². The molecule has 21 heavy (non-hydrogen) atoms. The molecule has 0 bridgehead atoms. The van der Waals surface area contributed by atoms with Crippen molar-refractivity contribution in [3.63, 3.8) is 0 Å². The van der Waals surface area contributed by atoms with Gasteiger partial charge in [-0.1, -0.05) is 32.0 Å². The van der Waals surface area contributed by atoms with Gasteiger partial charge in [0.2, 0.25) is 0 Å². The summed E-state index contributed by atoms with van der Waals surface area (Å²) < 4.78 is 28.4. The number of hydrogen-bond donors (Lipinski definition) is 1. The largest absolute Gasteiger partial charge is 0.371 e. The van der Waals surface area contributed by atoms with Crippen LogP contribution in [0.5, 0.6) is 0 Å². The molecule has 1 aromatic rings. The number of para-hydroxylation sites is 1. The SMILES string of the molecule is CCN(CC)S(=O)(=O)NCC1CCN(c2ccccc2)C1. The second-order valence-electron chi connectivity index (χ2n) is 5.37. The Bertz CT molecular complexity index is 529. The Morgan fingerprint density at radius 1 is 1.24 bits per heavy atom. The first kappa shape index (κ1) is 16.3. The van der Waals surface area contributed by atoms with E-state index in [1.807, 2.05) is 32.0 Å². The van der Waals surface area contributed by atoms with Crippen LogP contribution in [0.3, 0.4) is 0 Å². The second kappa shape index (κ2) is 7.24. The molecular formula is C15H25N3O2S. The second-order valence-corrected chi connectivity index (χ2v) is 7.13. The van der Waals surface area contributed by atoms with Gasteiger partial charge < -0.3 is 4.90 Å². The van der Waals surface area contributed by atoms with Crippen LogP contribution in [0.4, 0.5) is 5.69 Å². The van der Waals surface area contributed by atoms with Gasteiger partial charge in [-0.05, 0) is 24.5 Å². The monoisotopic (exact) mass is 311 g/mol. The summed E-state index contributed by atoms with van der Waals surface area (Å²) in [6.07, 6.45) is 1.02. The highest BCUT2D eigenvalue weighted by atomic mass is 32.2. The summed E-state index contributed by atoms with van der Waals surface area (Å²) in [6.45, 7) is 7.14. The molecule has 0 radical (unpaired) electrons. The standard InChI is InChI=1S/C15H25N3O2S/c1-3-18(4-2)21(19,20)16-12-14-10-11-17(13-14)15-8-6-5-7-9-15/h5-9,14,16H,3-4,10-13H2,1-2H3. The number of rotatable bonds is 7. The van der Waals surface area contributed by atoms with Gasteiger partial charge in [0.1, 0.15) is 0 Å². The fourth-order valence-corrected chi connectivity index (χ4v) is 4.06. The van der Waals surface area contributed by atoms with Gasteiger partial charge in [-0.25, -0.2) is 4.72 Å². The Kier molecular flexibility index (Phi) is 5.61. The molecule has 1 fully saturated rings. The van der Waals surface area contributed by atoms with Crippen molar-refractivity contribution < 1.29 is 8.42 Å². The smallest absolute Gasteiger partial charge is 0.279 e. The topological polar surface area (TPSA) is 52.7 Å². The fourth-order valence-electron chi connectivity index (χ4n) is 2.75. The van der Waals surface area contributed by atoms with Crippen molar-refractivity contribution in [3.05, 3.63) is 30.3 Å². The maximum Gasteiger partial charge on any atom is 0.279 e. The lowest BCUT2D eigenvalue weighted by Gasteiger charge is -2.21. The quantitative estimate of drug-likeness (QED) is 0.834. The first-order valence-corrected chi connectivity index (χ1v) is 9.05. The van der Waals surface area contributed by atoms with Crippen LogP contribution in [0.25, 0.3) is 0 Å². The Morgan fingerprint density at radius 2 is 1.90 bits per heavy atom. The van der Waals surface area contributed by atoms with Crippen molar-refractivity contribution in [2.75, 3.05) is 37.6 Å². The average Bonchev–Trinajstić information content (AvgIpc) is 2.96. The minimum Gasteiger partial charge on any atom is -0.371 e. The summed E-state index contributed by atoms with van der Waals surface area (Å²) in [5.74, 6) is 0.371. The molecule has 6 heteroatoms. The predicted octanol–water partition coefficient (Wildman–Crippen LogP) is 1.69. The average molecular weight is 311 g/mol. The Balaban J connectivity index is 1.86. The van der Waals surface area contributed by atoms with E-state index < -0.39 is 10.2 Å². The third-order valence-corrected chi connectivity index (χ3v) is 5.73. The molecule has 1 aromatic carbocycles. The van der Waals surface area contributed by atoms with Crippen LogP contribution in [-0.4, -0.2) is 45.4 Å². The molecule has 2 rings (SSSR count). The number of benzene rings is 1. The van der Waals surface area contributed by atoms with Crippen LogP contribution in [0.15, 0.2) is 30.3 Å². The number of anilines is 1. The molecule has 0 aromatic heterocycles. The zero-order valence-corrected chi connectivity index (χ0v) is 13.6. The normalized spacial score (nSPS) is 19.4. The van der Waals surface area contributed by atoms with E-state index in [1.54, 1.807) is 0 Å². The van der Waals surface area contributed by atoms with Crippen LogP contribution in [0.1, 0.15) is 20.3 Å². The van der Waals surface area contributed by atoms with Gasteiger partial charge in [0.05, 0.1) is 0 Å². The van der Waals surface area contributed by atoms with E-state index in [4.69, 9.17) is 0 Å². The Hall–Kier alpha value is -1.11.